The van der Waals surface area contributed by atoms with E-state index in [1.165, 1.54) is 0 Å². The van der Waals surface area contributed by atoms with E-state index >= 15 is 0 Å². The summed E-state index contributed by atoms with van der Waals surface area (Å²) < 4.78 is 0. The van der Waals surface area contributed by atoms with Gasteiger partial charge in [0.05, 0.1) is 0 Å². The van der Waals surface area contributed by atoms with Crippen molar-refractivity contribution in [2.75, 3.05) is 18.0 Å². The van der Waals surface area contributed by atoms with Gasteiger partial charge < -0.3 is 4.90 Å². The van der Waals surface area contributed by atoms with Crippen LogP contribution in [0.15, 0.2) is 48.8 Å². The fourth-order valence-corrected chi connectivity index (χ4v) is 2.05. The zero-order chi connectivity index (χ0) is 15.1. The van der Waals surface area contributed by atoms with Gasteiger partial charge in [0.25, 0.3) is 0 Å². The molecule has 0 aliphatic heterocycles. The van der Waals surface area contributed by atoms with Gasteiger partial charge in [0.15, 0.2) is 0 Å². The van der Waals surface area contributed by atoms with Gasteiger partial charge in [-0.05, 0) is 56.2 Å². The number of rotatable bonds is 4. The smallest absolute Gasteiger partial charge is 0.236 e. The summed E-state index contributed by atoms with van der Waals surface area (Å²) in [4.78, 5) is 18.2. The van der Waals surface area contributed by atoms with Crippen molar-refractivity contribution in [3.63, 3.8) is 0 Å². The third-order valence-corrected chi connectivity index (χ3v) is 3.26. The number of benzene rings is 1. The lowest BCUT2D eigenvalue weighted by molar-refractivity contribution is 0.105. The number of nitrogens with zero attached hydrogens (tertiary/aromatic N) is 2. The number of ketones is 1. The Labute approximate surface area is 125 Å². The number of aromatic nitrogens is 1. The van der Waals surface area contributed by atoms with Crippen molar-refractivity contribution in [2.45, 2.75) is 13.8 Å². The van der Waals surface area contributed by atoms with Gasteiger partial charge in [0.2, 0.25) is 5.78 Å². The molecule has 0 unspecified atom stereocenters. The Hall–Kier alpha value is -2.60. The third kappa shape index (κ3) is 3.93. The molecule has 3 nitrogen and oxygen atoms in total. The lowest BCUT2D eigenvalue weighted by Gasteiger charge is -2.20. The summed E-state index contributed by atoms with van der Waals surface area (Å²) in [7, 11) is 0. The summed E-state index contributed by atoms with van der Waals surface area (Å²) in [6, 6.07) is 11.2. The fraction of sp³-hybridized carbons (Fsp3) is 0.222. The highest BCUT2D eigenvalue weighted by Crippen LogP contribution is 2.15. The second-order valence-electron chi connectivity index (χ2n) is 4.53. The van der Waals surface area contributed by atoms with Crippen LogP contribution in [-0.2, 0) is 0 Å². The van der Waals surface area contributed by atoms with E-state index in [9.17, 15) is 4.79 Å². The van der Waals surface area contributed by atoms with Crippen LogP contribution >= 0.6 is 0 Å². The highest BCUT2D eigenvalue weighted by atomic mass is 16.1. The summed E-state index contributed by atoms with van der Waals surface area (Å²) in [6.07, 6.45) is 3.32. The molecule has 0 saturated heterocycles. The van der Waals surface area contributed by atoms with Gasteiger partial charge in [-0.1, -0.05) is 5.92 Å². The molecule has 0 fully saturated rings. The number of anilines is 1. The molecule has 1 heterocycles. The van der Waals surface area contributed by atoms with Crippen molar-refractivity contribution >= 4 is 11.5 Å². The molecule has 1 aromatic heterocycles. The quantitative estimate of drug-likeness (QED) is 0.636. The molecule has 2 aromatic rings. The molecule has 0 N–H and O–H groups in total. The highest BCUT2D eigenvalue weighted by Gasteiger charge is 2.05. The monoisotopic (exact) mass is 278 g/mol. The standard InChI is InChI=1S/C18H18N2O/c1-3-20(4-2)17-8-6-16(7-9-17)18(21)10-5-15-11-13-19-14-12-15/h6-9,11-14H,3-4H2,1-2H3. The van der Waals surface area contributed by atoms with E-state index in [1.807, 2.05) is 24.3 Å². The molecule has 106 valence electrons. The van der Waals surface area contributed by atoms with Crippen LogP contribution < -0.4 is 4.90 Å². The summed E-state index contributed by atoms with van der Waals surface area (Å²) >= 11 is 0. The van der Waals surface area contributed by atoms with Gasteiger partial charge in [0.1, 0.15) is 0 Å². The van der Waals surface area contributed by atoms with Crippen LogP contribution in [0.1, 0.15) is 29.8 Å². The zero-order valence-electron chi connectivity index (χ0n) is 12.3. The molecule has 3 heteroatoms. The number of carbonyl (C=O) groups is 1. The van der Waals surface area contributed by atoms with Crippen LogP contribution in [0, 0.1) is 11.8 Å². The number of hydrogen-bond acceptors (Lipinski definition) is 3. The molecule has 0 spiro atoms. The van der Waals surface area contributed by atoms with Crippen molar-refractivity contribution in [3.05, 3.63) is 59.9 Å². The van der Waals surface area contributed by atoms with Crippen LogP contribution in [-0.4, -0.2) is 23.9 Å². The Morgan fingerprint density at radius 2 is 1.67 bits per heavy atom. The minimum atomic E-state index is -0.169. The van der Waals surface area contributed by atoms with Gasteiger partial charge in [0, 0.05) is 42.3 Å². The average Bonchev–Trinajstić information content (AvgIpc) is 2.55. The van der Waals surface area contributed by atoms with E-state index in [2.05, 4.69) is 35.6 Å². The molecular weight excluding hydrogens is 260 g/mol. The molecule has 1 aromatic carbocycles. The molecule has 0 saturated carbocycles. The Morgan fingerprint density at radius 3 is 2.24 bits per heavy atom. The van der Waals surface area contributed by atoms with Crippen molar-refractivity contribution in [1.82, 2.24) is 4.98 Å². The molecule has 0 atom stereocenters. The molecule has 21 heavy (non-hydrogen) atoms. The fourth-order valence-electron chi connectivity index (χ4n) is 2.05. The van der Waals surface area contributed by atoms with Crippen molar-refractivity contribution in [2.24, 2.45) is 0 Å². The van der Waals surface area contributed by atoms with Gasteiger partial charge in [-0.25, -0.2) is 0 Å². The van der Waals surface area contributed by atoms with Gasteiger partial charge in [-0.15, -0.1) is 0 Å². The predicted molar refractivity (Wildman–Crippen MR) is 85.4 cm³/mol. The summed E-state index contributed by atoms with van der Waals surface area (Å²) in [5.41, 5.74) is 2.53. The van der Waals surface area contributed by atoms with Gasteiger partial charge in [-0.2, -0.15) is 0 Å². The van der Waals surface area contributed by atoms with Crippen LogP contribution in [0.5, 0.6) is 0 Å². The van der Waals surface area contributed by atoms with E-state index < -0.39 is 0 Å². The topological polar surface area (TPSA) is 33.2 Å². The zero-order valence-corrected chi connectivity index (χ0v) is 12.3. The lowest BCUT2D eigenvalue weighted by atomic mass is 10.1. The van der Waals surface area contributed by atoms with Crippen molar-refractivity contribution in [3.8, 4) is 11.8 Å². The first-order chi connectivity index (χ1) is 10.2. The van der Waals surface area contributed by atoms with Crippen molar-refractivity contribution < 1.29 is 4.79 Å². The average molecular weight is 278 g/mol. The van der Waals surface area contributed by atoms with Crippen molar-refractivity contribution in [1.29, 1.82) is 0 Å². The number of carbonyl (C=O) groups excluding carboxylic acids is 1. The van der Waals surface area contributed by atoms with Crippen LogP contribution in [0.3, 0.4) is 0 Å². The first-order valence-corrected chi connectivity index (χ1v) is 7.06. The van der Waals surface area contributed by atoms with E-state index in [0.29, 0.717) is 5.56 Å². The van der Waals surface area contributed by atoms with Gasteiger partial charge >= 0.3 is 0 Å². The molecular formula is C18H18N2O. The summed E-state index contributed by atoms with van der Waals surface area (Å²) in [6.45, 7) is 6.13. The maximum Gasteiger partial charge on any atom is 0.236 e. The minimum absolute atomic E-state index is 0.169. The molecule has 0 amide bonds. The number of Topliss-reactive ketones (excluding diaryl/α,β-unsaturated/α-hetero) is 1. The maximum absolute atomic E-state index is 12.0. The third-order valence-electron chi connectivity index (χ3n) is 3.26. The normalized spacial score (nSPS) is 9.62. The van der Waals surface area contributed by atoms with E-state index in [-0.39, 0.29) is 5.78 Å². The minimum Gasteiger partial charge on any atom is -0.372 e. The lowest BCUT2D eigenvalue weighted by Crippen LogP contribution is -2.21. The van der Waals surface area contributed by atoms with Gasteiger partial charge in [-0.3, -0.25) is 9.78 Å². The first-order valence-electron chi connectivity index (χ1n) is 7.06. The Balaban J connectivity index is 2.12. The number of pyridine rings is 1. The number of hydrogen-bond donors (Lipinski definition) is 0. The Morgan fingerprint density at radius 1 is 1.05 bits per heavy atom. The SMILES string of the molecule is CCN(CC)c1ccc(C(=O)C#Cc2ccncc2)cc1. The highest BCUT2D eigenvalue weighted by molar-refractivity contribution is 6.09. The molecule has 2 rings (SSSR count). The van der Waals surface area contributed by atoms with Crippen LogP contribution in [0.4, 0.5) is 5.69 Å². The van der Waals surface area contributed by atoms with Crippen LogP contribution in [0.25, 0.3) is 0 Å². The second-order valence-corrected chi connectivity index (χ2v) is 4.53. The molecule has 0 aliphatic carbocycles. The maximum atomic E-state index is 12.0. The Kier molecular flexibility index (Phi) is 5.11. The summed E-state index contributed by atoms with van der Waals surface area (Å²) in [5, 5.41) is 0. The second kappa shape index (κ2) is 7.25. The first kappa shape index (κ1) is 14.8. The molecule has 0 radical (unpaired) electrons. The predicted octanol–water partition coefficient (Wildman–Crippen LogP) is 3.16. The van der Waals surface area contributed by atoms with E-state index in [0.717, 1.165) is 24.3 Å². The van der Waals surface area contributed by atoms with E-state index in [1.54, 1.807) is 24.5 Å². The molecule has 0 aliphatic rings. The summed E-state index contributed by atoms with van der Waals surface area (Å²) in [5.74, 6) is 5.35. The largest absolute Gasteiger partial charge is 0.372 e. The molecule has 0 bridgehead atoms. The van der Waals surface area contributed by atoms with E-state index in [4.69, 9.17) is 0 Å². The Bertz CT molecular complexity index is 647. The van der Waals surface area contributed by atoms with Crippen LogP contribution in [0.2, 0.25) is 0 Å².